The molecule has 0 N–H and O–H groups in total. The van der Waals surface area contributed by atoms with E-state index in [-0.39, 0.29) is 12.2 Å². The number of ether oxygens (including phenoxy) is 1. The Kier molecular flexibility index (Phi) is 6.08. The molecule has 1 aliphatic rings. The number of thioether (sulfide) groups is 1. The normalized spacial score (nSPS) is 16.4. The standard InChI is InChI=1S/C22H20N2O3S3/c1-4-27-21(26)18-13(2)23-22-24(19(18)16-6-5-11-29-16)20(25)17(30-22)12-14-7-9-15(28-3)10-8-14/h5-12,19H,4H2,1-3H3. The zero-order chi connectivity index (χ0) is 21.3. The molecule has 0 bridgehead atoms. The number of carbonyl (C=O) groups is 1. The maximum atomic E-state index is 13.4. The second-order valence-corrected chi connectivity index (χ2v) is 9.46. The van der Waals surface area contributed by atoms with Crippen molar-refractivity contribution in [2.24, 2.45) is 4.99 Å². The second-order valence-electron chi connectivity index (χ2n) is 6.59. The van der Waals surface area contributed by atoms with Crippen molar-refractivity contribution in [2.45, 2.75) is 24.8 Å². The van der Waals surface area contributed by atoms with Crippen molar-refractivity contribution in [3.63, 3.8) is 0 Å². The average molecular weight is 457 g/mol. The molecule has 0 spiro atoms. The Balaban J connectivity index is 1.90. The third-order valence-corrected chi connectivity index (χ3v) is 7.39. The molecular formula is C22H20N2O3S3. The molecule has 0 amide bonds. The van der Waals surface area contributed by atoms with E-state index in [0.717, 1.165) is 10.4 Å². The predicted octanol–water partition coefficient (Wildman–Crippen LogP) is 3.58. The quantitative estimate of drug-likeness (QED) is 0.435. The van der Waals surface area contributed by atoms with E-state index >= 15 is 0 Å². The van der Waals surface area contributed by atoms with Crippen LogP contribution >= 0.6 is 34.4 Å². The number of thiazole rings is 1. The summed E-state index contributed by atoms with van der Waals surface area (Å²) in [7, 11) is 0. The number of hydrogen-bond acceptors (Lipinski definition) is 7. The van der Waals surface area contributed by atoms with E-state index in [9.17, 15) is 9.59 Å². The Morgan fingerprint density at radius 1 is 1.30 bits per heavy atom. The zero-order valence-electron chi connectivity index (χ0n) is 16.7. The Labute approximate surface area is 186 Å². The summed E-state index contributed by atoms with van der Waals surface area (Å²) in [6, 6.07) is 11.4. The Morgan fingerprint density at radius 2 is 2.07 bits per heavy atom. The van der Waals surface area contributed by atoms with Crippen LogP contribution in [0.25, 0.3) is 6.08 Å². The Hall–Kier alpha value is -2.42. The van der Waals surface area contributed by atoms with Crippen LogP contribution in [0.3, 0.4) is 0 Å². The highest BCUT2D eigenvalue weighted by molar-refractivity contribution is 7.98. The molecule has 0 radical (unpaired) electrons. The van der Waals surface area contributed by atoms with Crippen molar-refractivity contribution < 1.29 is 9.53 Å². The van der Waals surface area contributed by atoms with E-state index < -0.39 is 12.0 Å². The molecule has 1 atom stereocenters. The first-order chi connectivity index (χ1) is 14.5. The molecule has 3 heterocycles. The number of allylic oxidation sites excluding steroid dienone is 1. The van der Waals surface area contributed by atoms with Gasteiger partial charge in [-0.2, -0.15) is 0 Å². The van der Waals surface area contributed by atoms with E-state index in [0.29, 0.717) is 20.6 Å². The molecule has 0 fully saturated rings. The van der Waals surface area contributed by atoms with Gasteiger partial charge in [0.1, 0.15) is 6.04 Å². The number of esters is 1. The minimum Gasteiger partial charge on any atom is -0.463 e. The lowest BCUT2D eigenvalue weighted by Crippen LogP contribution is -2.39. The van der Waals surface area contributed by atoms with Crippen LogP contribution in [0.5, 0.6) is 0 Å². The summed E-state index contributed by atoms with van der Waals surface area (Å²) in [4.78, 5) is 33.4. The highest BCUT2D eigenvalue weighted by Gasteiger charge is 2.33. The Bertz CT molecular complexity index is 1280. The monoisotopic (exact) mass is 456 g/mol. The molecule has 0 aliphatic carbocycles. The number of thiophene rings is 1. The van der Waals surface area contributed by atoms with Crippen LogP contribution in [0.15, 0.2) is 67.7 Å². The molecule has 4 rings (SSSR count). The summed E-state index contributed by atoms with van der Waals surface area (Å²) in [5, 5.41) is 1.94. The Morgan fingerprint density at radius 3 is 2.70 bits per heavy atom. The van der Waals surface area contributed by atoms with Gasteiger partial charge in [-0.15, -0.1) is 23.1 Å². The maximum absolute atomic E-state index is 13.4. The molecule has 0 saturated carbocycles. The zero-order valence-corrected chi connectivity index (χ0v) is 19.2. The van der Waals surface area contributed by atoms with Gasteiger partial charge in [-0.25, -0.2) is 9.79 Å². The van der Waals surface area contributed by atoms with Crippen LogP contribution in [-0.2, 0) is 9.53 Å². The van der Waals surface area contributed by atoms with E-state index in [2.05, 4.69) is 4.99 Å². The van der Waals surface area contributed by atoms with Gasteiger partial charge in [0.2, 0.25) is 0 Å². The molecule has 2 aromatic heterocycles. The van der Waals surface area contributed by atoms with E-state index in [1.807, 2.05) is 54.1 Å². The van der Waals surface area contributed by atoms with Crippen LogP contribution in [-0.4, -0.2) is 23.4 Å². The van der Waals surface area contributed by atoms with Crippen LogP contribution in [0.4, 0.5) is 0 Å². The number of benzene rings is 1. The minimum absolute atomic E-state index is 0.152. The van der Waals surface area contributed by atoms with E-state index in [1.165, 1.54) is 27.6 Å². The molecule has 1 unspecified atom stereocenters. The fourth-order valence-corrected chi connectivity index (χ4v) is 5.64. The number of carbonyl (C=O) groups excluding carboxylic acids is 1. The van der Waals surface area contributed by atoms with Crippen LogP contribution in [0.1, 0.15) is 30.3 Å². The molecule has 5 nitrogen and oxygen atoms in total. The maximum Gasteiger partial charge on any atom is 0.338 e. The third kappa shape index (κ3) is 3.82. The predicted molar refractivity (Wildman–Crippen MR) is 123 cm³/mol. The van der Waals surface area contributed by atoms with Crippen LogP contribution in [0.2, 0.25) is 0 Å². The lowest BCUT2D eigenvalue weighted by atomic mass is 10.0. The largest absolute Gasteiger partial charge is 0.463 e. The van der Waals surface area contributed by atoms with Gasteiger partial charge < -0.3 is 4.74 Å². The van der Waals surface area contributed by atoms with Gasteiger partial charge in [0.25, 0.3) is 5.56 Å². The van der Waals surface area contributed by atoms with E-state index in [1.54, 1.807) is 30.2 Å². The highest BCUT2D eigenvalue weighted by Crippen LogP contribution is 2.33. The average Bonchev–Trinajstić information content (AvgIpc) is 3.37. The van der Waals surface area contributed by atoms with Gasteiger partial charge >= 0.3 is 5.97 Å². The number of nitrogens with zero attached hydrogens (tertiary/aromatic N) is 2. The van der Waals surface area contributed by atoms with Gasteiger partial charge in [-0.3, -0.25) is 9.36 Å². The summed E-state index contributed by atoms with van der Waals surface area (Å²) in [6.45, 7) is 3.83. The fourth-order valence-electron chi connectivity index (χ4n) is 3.36. The summed E-state index contributed by atoms with van der Waals surface area (Å²) in [6.07, 6.45) is 3.91. The van der Waals surface area contributed by atoms with Crippen molar-refractivity contribution in [3.05, 3.63) is 83.2 Å². The molecule has 1 aromatic carbocycles. The third-order valence-electron chi connectivity index (χ3n) is 4.74. The molecule has 3 aromatic rings. The number of fused-ring (bicyclic) bond motifs is 1. The lowest BCUT2D eigenvalue weighted by Gasteiger charge is -2.23. The topological polar surface area (TPSA) is 60.7 Å². The molecule has 0 saturated heterocycles. The molecule has 154 valence electrons. The van der Waals surface area contributed by atoms with Crippen LogP contribution in [0, 0.1) is 0 Å². The summed E-state index contributed by atoms with van der Waals surface area (Å²) in [5.41, 5.74) is 1.80. The van der Waals surface area contributed by atoms with E-state index in [4.69, 9.17) is 4.74 Å². The first-order valence-corrected chi connectivity index (χ1v) is 12.3. The van der Waals surface area contributed by atoms with Crippen molar-refractivity contribution >= 4 is 46.5 Å². The van der Waals surface area contributed by atoms with Gasteiger partial charge in [0.05, 0.1) is 22.4 Å². The minimum atomic E-state index is -0.527. The lowest BCUT2D eigenvalue weighted by molar-refractivity contribution is -0.139. The van der Waals surface area contributed by atoms with Gasteiger partial charge in [0, 0.05) is 9.77 Å². The summed E-state index contributed by atoms with van der Waals surface area (Å²) in [5.74, 6) is -0.431. The second kappa shape index (κ2) is 8.75. The fraction of sp³-hybridized carbons (Fsp3) is 0.227. The van der Waals surface area contributed by atoms with Crippen molar-refractivity contribution in [1.82, 2.24) is 4.57 Å². The smallest absolute Gasteiger partial charge is 0.338 e. The molecular weight excluding hydrogens is 436 g/mol. The number of aromatic nitrogens is 1. The van der Waals surface area contributed by atoms with Gasteiger partial charge in [0.15, 0.2) is 4.80 Å². The van der Waals surface area contributed by atoms with Crippen molar-refractivity contribution in [3.8, 4) is 0 Å². The summed E-state index contributed by atoms with van der Waals surface area (Å²) < 4.78 is 7.50. The first-order valence-electron chi connectivity index (χ1n) is 9.40. The van der Waals surface area contributed by atoms with Crippen LogP contribution < -0.4 is 14.9 Å². The highest BCUT2D eigenvalue weighted by atomic mass is 32.2. The molecule has 30 heavy (non-hydrogen) atoms. The molecule has 8 heteroatoms. The van der Waals surface area contributed by atoms with Gasteiger partial charge in [-0.1, -0.05) is 29.5 Å². The number of hydrogen-bond donors (Lipinski definition) is 0. The summed E-state index contributed by atoms with van der Waals surface area (Å²) >= 11 is 4.52. The van der Waals surface area contributed by atoms with Crippen molar-refractivity contribution in [2.75, 3.05) is 12.9 Å². The SMILES string of the molecule is CCOC(=O)C1=C(C)N=c2sc(=Cc3ccc(SC)cc3)c(=O)n2C1c1cccs1. The molecule has 1 aliphatic heterocycles. The van der Waals surface area contributed by atoms with Crippen molar-refractivity contribution in [1.29, 1.82) is 0 Å². The van der Waals surface area contributed by atoms with Gasteiger partial charge in [-0.05, 0) is 55.3 Å². The first kappa shape index (κ1) is 20.8. The number of rotatable bonds is 5.